The van der Waals surface area contributed by atoms with Crippen molar-refractivity contribution in [2.24, 2.45) is 0 Å². The highest BCUT2D eigenvalue weighted by atomic mass is 32.2. The number of Topliss-reactive ketones (excluding diaryl/α,β-unsaturated/α-hetero) is 1. The third-order valence-corrected chi connectivity index (χ3v) is 4.64. The van der Waals surface area contributed by atoms with Crippen LogP contribution in [0.1, 0.15) is 24.2 Å². The molecule has 2 aromatic rings. The molecule has 0 saturated heterocycles. The number of nitrogens with one attached hydrogen (secondary N) is 1. The number of hydrogen-bond donors (Lipinski definition) is 1. The number of rotatable bonds is 8. The number of anilines is 1. The van der Waals surface area contributed by atoms with Crippen LogP contribution < -0.4 is 10.1 Å². The highest BCUT2D eigenvalue weighted by Gasteiger charge is 2.19. The fourth-order valence-corrected chi connectivity index (χ4v) is 2.91. The van der Waals surface area contributed by atoms with Gasteiger partial charge in [0.2, 0.25) is 0 Å². The molecule has 0 bridgehead atoms. The van der Waals surface area contributed by atoms with Gasteiger partial charge in [0.1, 0.15) is 5.75 Å². The van der Waals surface area contributed by atoms with Gasteiger partial charge >= 0.3 is 5.97 Å². The summed E-state index contributed by atoms with van der Waals surface area (Å²) in [5.41, 5.74) is 0.796. The number of thioether (sulfide) groups is 1. The molecule has 0 aliphatic heterocycles. The molecule has 6 nitrogen and oxygen atoms in total. The van der Waals surface area contributed by atoms with Gasteiger partial charge in [-0.15, -0.1) is 11.8 Å². The van der Waals surface area contributed by atoms with Gasteiger partial charge in [-0.25, -0.2) is 0 Å². The van der Waals surface area contributed by atoms with E-state index in [2.05, 4.69) is 5.32 Å². The molecule has 2 rings (SSSR count). The lowest BCUT2D eigenvalue weighted by molar-refractivity contribution is -0.150. The molecule has 0 aliphatic rings. The summed E-state index contributed by atoms with van der Waals surface area (Å²) in [7, 11) is 1.58. The maximum absolute atomic E-state index is 12.2. The second-order valence-corrected chi connectivity index (χ2v) is 6.74. The first-order valence-corrected chi connectivity index (χ1v) is 9.26. The van der Waals surface area contributed by atoms with Crippen LogP contribution in [-0.4, -0.2) is 36.6 Å². The van der Waals surface area contributed by atoms with Gasteiger partial charge < -0.3 is 14.8 Å². The molecular weight excluding hydrogens is 366 g/mol. The fourth-order valence-electron chi connectivity index (χ4n) is 2.23. The molecule has 2 aromatic carbocycles. The van der Waals surface area contributed by atoms with Crippen molar-refractivity contribution in [3.05, 3.63) is 54.1 Å². The Hall–Kier alpha value is -2.80. The molecule has 0 spiro atoms. The van der Waals surface area contributed by atoms with Crippen LogP contribution in [-0.2, 0) is 14.3 Å². The van der Waals surface area contributed by atoms with E-state index in [1.165, 1.54) is 25.6 Å². The topological polar surface area (TPSA) is 81.7 Å². The summed E-state index contributed by atoms with van der Waals surface area (Å²) in [4.78, 5) is 36.7. The lowest BCUT2D eigenvalue weighted by Gasteiger charge is -2.15. The van der Waals surface area contributed by atoms with Crippen LogP contribution >= 0.6 is 11.8 Å². The molecule has 0 aliphatic carbocycles. The van der Waals surface area contributed by atoms with Crippen molar-refractivity contribution in [1.29, 1.82) is 0 Å². The van der Waals surface area contributed by atoms with E-state index in [-0.39, 0.29) is 11.5 Å². The Morgan fingerprint density at radius 1 is 1.07 bits per heavy atom. The third-order valence-electron chi connectivity index (χ3n) is 3.66. The molecule has 142 valence electrons. The molecule has 27 heavy (non-hydrogen) atoms. The highest BCUT2D eigenvalue weighted by molar-refractivity contribution is 8.00. The lowest BCUT2D eigenvalue weighted by atomic mass is 10.1. The van der Waals surface area contributed by atoms with E-state index in [0.717, 1.165) is 10.6 Å². The summed E-state index contributed by atoms with van der Waals surface area (Å²) in [6, 6.07) is 14.0. The molecular formula is C20H21NO5S. The van der Waals surface area contributed by atoms with Crippen LogP contribution in [0.3, 0.4) is 0 Å². The largest absolute Gasteiger partial charge is 0.497 e. The van der Waals surface area contributed by atoms with Crippen LogP contribution in [0.2, 0.25) is 0 Å². The second kappa shape index (κ2) is 9.78. The summed E-state index contributed by atoms with van der Waals surface area (Å²) in [5, 5.41) is 2.63. The Kier molecular flexibility index (Phi) is 7.43. The first kappa shape index (κ1) is 20.5. The Labute approximate surface area is 162 Å². The number of hydrogen-bond acceptors (Lipinski definition) is 6. The normalized spacial score (nSPS) is 11.4. The Bertz CT molecular complexity index is 819. The van der Waals surface area contributed by atoms with E-state index in [4.69, 9.17) is 9.47 Å². The number of benzene rings is 2. The predicted octanol–water partition coefficient (Wildman–Crippen LogP) is 3.56. The summed E-state index contributed by atoms with van der Waals surface area (Å²) in [5.74, 6) is -0.345. The van der Waals surface area contributed by atoms with Crippen molar-refractivity contribution >= 4 is 35.1 Å². The number of ketones is 1. The standard InChI is InChI=1S/C20H21NO5S/c1-13(22)17-6-4-5-7-18(17)21-20(24)14(2)26-19(23)12-27-16-10-8-15(25-3)9-11-16/h4-11,14H,12H2,1-3H3,(H,21,24)/t14-/m0/s1. The van der Waals surface area contributed by atoms with Crippen LogP contribution in [0.5, 0.6) is 5.75 Å². The van der Waals surface area contributed by atoms with Gasteiger partial charge in [0, 0.05) is 10.5 Å². The summed E-state index contributed by atoms with van der Waals surface area (Å²) >= 11 is 1.31. The quantitative estimate of drug-likeness (QED) is 0.424. The monoisotopic (exact) mass is 387 g/mol. The van der Waals surface area contributed by atoms with Crippen LogP contribution in [0.15, 0.2) is 53.4 Å². The molecule has 7 heteroatoms. The average Bonchev–Trinajstić information content (AvgIpc) is 2.67. The van der Waals surface area contributed by atoms with Gasteiger partial charge in [0.15, 0.2) is 11.9 Å². The number of carbonyl (C=O) groups is 3. The minimum absolute atomic E-state index is 0.0774. The molecule has 1 atom stereocenters. The molecule has 0 unspecified atom stereocenters. The van der Waals surface area contributed by atoms with Crippen molar-refractivity contribution < 1.29 is 23.9 Å². The minimum atomic E-state index is -0.978. The van der Waals surface area contributed by atoms with Gasteiger partial charge in [-0.3, -0.25) is 14.4 Å². The van der Waals surface area contributed by atoms with Gasteiger partial charge in [0.05, 0.1) is 18.6 Å². The summed E-state index contributed by atoms with van der Waals surface area (Å²) in [6.45, 7) is 2.91. The smallest absolute Gasteiger partial charge is 0.317 e. The summed E-state index contributed by atoms with van der Waals surface area (Å²) < 4.78 is 10.2. The Morgan fingerprint density at radius 3 is 2.37 bits per heavy atom. The number of carbonyl (C=O) groups excluding carboxylic acids is 3. The molecule has 0 radical (unpaired) electrons. The average molecular weight is 387 g/mol. The minimum Gasteiger partial charge on any atom is -0.497 e. The first-order valence-electron chi connectivity index (χ1n) is 8.28. The molecule has 0 heterocycles. The van der Waals surface area contributed by atoms with Gasteiger partial charge in [-0.2, -0.15) is 0 Å². The number of esters is 1. The number of methoxy groups -OCH3 is 1. The van der Waals surface area contributed by atoms with Gasteiger partial charge in [0.25, 0.3) is 5.91 Å². The lowest BCUT2D eigenvalue weighted by Crippen LogP contribution is -2.31. The molecule has 0 fully saturated rings. The maximum Gasteiger partial charge on any atom is 0.317 e. The zero-order valence-electron chi connectivity index (χ0n) is 15.4. The van der Waals surface area contributed by atoms with Crippen molar-refractivity contribution in [3.8, 4) is 5.75 Å². The van der Waals surface area contributed by atoms with Crippen molar-refractivity contribution in [1.82, 2.24) is 0 Å². The predicted molar refractivity (Wildman–Crippen MR) is 104 cm³/mol. The Balaban J connectivity index is 1.86. The first-order chi connectivity index (χ1) is 12.9. The molecule has 1 amide bonds. The SMILES string of the molecule is COc1ccc(SCC(=O)O[C@@H](C)C(=O)Nc2ccccc2C(C)=O)cc1. The van der Waals surface area contributed by atoms with Crippen LogP contribution in [0, 0.1) is 0 Å². The molecule has 0 aromatic heterocycles. The van der Waals surface area contributed by atoms with Crippen LogP contribution in [0.25, 0.3) is 0 Å². The van der Waals surface area contributed by atoms with Crippen molar-refractivity contribution in [3.63, 3.8) is 0 Å². The van der Waals surface area contributed by atoms with E-state index >= 15 is 0 Å². The van der Waals surface area contributed by atoms with Gasteiger partial charge in [-0.05, 0) is 50.2 Å². The maximum atomic E-state index is 12.2. The van der Waals surface area contributed by atoms with Gasteiger partial charge in [-0.1, -0.05) is 12.1 Å². The van der Waals surface area contributed by atoms with E-state index in [1.807, 2.05) is 12.1 Å². The highest BCUT2D eigenvalue weighted by Crippen LogP contribution is 2.21. The number of amides is 1. The zero-order chi connectivity index (χ0) is 19.8. The second-order valence-electron chi connectivity index (χ2n) is 5.69. The fraction of sp³-hybridized carbons (Fsp3) is 0.250. The van der Waals surface area contributed by atoms with Crippen molar-refractivity contribution in [2.45, 2.75) is 24.8 Å². The van der Waals surface area contributed by atoms with Crippen molar-refractivity contribution in [2.75, 3.05) is 18.2 Å². The van der Waals surface area contributed by atoms with E-state index < -0.39 is 18.0 Å². The van der Waals surface area contributed by atoms with E-state index in [9.17, 15) is 14.4 Å². The van der Waals surface area contributed by atoms with E-state index in [1.54, 1.807) is 43.5 Å². The molecule has 1 N–H and O–H groups in total. The number of para-hydroxylation sites is 1. The third kappa shape index (κ3) is 6.14. The molecule has 0 saturated carbocycles. The van der Waals surface area contributed by atoms with E-state index in [0.29, 0.717) is 11.3 Å². The Morgan fingerprint density at radius 2 is 1.74 bits per heavy atom. The van der Waals surface area contributed by atoms with Crippen LogP contribution in [0.4, 0.5) is 5.69 Å². The number of ether oxygens (including phenoxy) is 2. The summed E-state index contributed by atoms with van der Waals surface area (Å²) in [6.07, 6.45) is -0.978. The zero-order valence-corrected chi connectivity index (χ0v) is 16.2.